The third kappa shape index (κ3) is 5.58. The van der Waals surface area contributed by atoms with Gasteiger partial charge >= 0.3 is 6.03 Å². The summed E-state index contributed by atoms with van der Waals surface area (Å²) in [4.78, 5) is 18.9. The number of urea groups is 1. The average molecular weight is 522 g/mol. The van der Waals surface area contributed by atoms with Crippen molar-refractivity contribution in [1.82, 2.24) is 19.5 Å². The first kappa shape index (κ1) is 25.6. The van der Waals surface area contributed by atoms with Crippen LogP contribution >= 0.6 is 0 Å². The largest absolute Gasteiger partial charge is 0.382 e. The standard InChI is InChI=1S/C27H29F2N7O2/c1-17-4-6-21(28)24(13-17)34-27(37)33-23-7-5-18(14-22(23)29)20-15-19(36-25(20)26(30)31-16-32-36)3-2-8-35-9-11-38-12-10-35/h4-7,13-16H,2-3,8-12H2,1H3,(H2,30,31,32)(H2,33,34,37). The van der Waals surface area contributed by atoms with E-state index in [1.54, 1.807) is 23.6 Å². The molecule has 5 rings (SSSR count). The van der Waals surface area contributed by atoms with Gasteiger partial charge in [0, 0.05) is 24.3 Å². The molecule has 0 unspecified atom stereocenters. The number of aromatic nitrogens is 3. The van der Waals surface area contributed by atoms with Crippen LogP contribution in [0.2, 0.25) is 0 Å². The van der Waals surface area contributed by atoms with Crippen LogP contribution in [0.5, 0.6) is 0 Å². The number of anilines is 3. The smallest absolute Gasteiger partial charge is 0.323 e. The van der Waals surface area contributed by atoms with E-state index in [1.807, 2.05) is 6.07 Å². The fraction of sp³-hybridized carbons (Fsp3) is 0.296. The number of amides is 2. The van der Waals surface area contributed by atoms with Gasteiger partial charge in [0.2, 0.25) is 0 Å². The van der Waals surface area contributed by atoms with Gasteiger partial charge in [0.1, 0.15) is 23.5 Å². The predicted octanol–water partition coefficient (Wildman–Crippen LogP) is 4.47. The minimum absolute atomic E-state index is 0.0106. The number of rotatable bonds is 7. The van der Waals surface area contributed by atoms with Crippen LogP contribution in [0.4, 0.5) is 30.8 Å². The van der Waals surface area contributed by atoms with Crippen LogP contribution < -0.4 is 16.4 Å². The first-order valence-corrected chi connectivity index (χ1v) is 12.4. The van der Waals surface area contributed by atoms with Crippen molar-refractivity contribution < 1.29 is 18.3 Å². The molecule has 9 nitrogen and oxygen atoms in total. The van der Waals surface area contributed by atoms with E-state index >= 15 is 4.39 Å². The van der Waals surface area contributed by atoms with Gasteiger partial charge in [0.25, 0.3) is 0 Å². The molecular formula is C27H29F2N7O2. The molecule has 38 heavy (non-hydrogen) atoms. The number of benzene rings is 2. The van der Waals surface area contributed by atoms with Crippen LogP contribution in [0.25, 0.3) is 16.6 Å². The lowest BCUT2D eigenvalue weighted by Crippen LogP contribution is -2.37. The summed E-state index contributed by atoms with van der Waals surface area (Å²) in [5.74, 6) is -0.940. The fourth-order valence-corrected chi connectivity index (χ4v) is 4.63. The topological polar surface area (TPSA) is 110 Å². The molecule has 2 aromatic carbocycles. The molecule has 198 valence electrons. The van der Waals surface area contributed by atoms with Crippen LogP contribution in [-0.2, 0) is 11.2 Å². The van der Waals surface area contributed by atoms with Gasteiger partial charge in [-0.15, -0.1) is 0 Å². The highest BCUT2D eigenvalue weighted by Gasteiger charge is 2.18. The molecule has 2 aromatic heterocycles. The van der Waals surface area contributed by atoms with E-state index in [2.05, 4.69) is 25.6 Å². The molecule has 0 saturated carbocycles. The number of carbonyl (C=O) groups is 1. The number of hydrogen-bond donors (Lipinski definition) is 3. The van der Waals surface area contributed by atoms with Crippen LogP contribution in [0.1, 0.15) is 17.7 Å². The monoisotopic (exact) mass is 521 g/mol. The molecule has 1 aliphatic rings. The average Bonchev–Trinajstić information content (AvgIpc) is 3.28. The summed E-state index contributed by atoms with van der Waals surface area (Å²) in [7, 11) is 0. The summed E-state index contributed by atoms with van der Waals surface area (Å²) in [5, 5.41) is 9.24. The van der Waals surface area contributed by atoms with Gasteiger partial charge in [-0.1, -0.05) is 12.1 Å². The molecule has 11 heteroatoms. The van der Waals surface area contributed by atoms with E-state index in [0.717, 1.165) is 56.9 Å². The number of aryl methyl sites for hydroxylation is 2. The maximum atomic E-state index is 15.1. The SMILES string of the molecule is Cc1ccc(F)c(NC(=O)Nc2ccc(-c3cc(CCCN4CCOCC4)n4ncnc(N)c34)cc2F)c1. The lowest BCUT2D eigenvalue weighted by atomic mass is 10.1. The van der Waals surface area contributed by atoms with E-state index in [0.29, 0.717) is 16.6 Å². The maximum absolute atomic E-state index is 15.1. The number of nitrogens with two attached hydrogens (primary N) is 1. The van der Waals surface area contributed by atoms with Gasteiger partial charge in [-0.25, -0.2) is 23.1 Å². The predicted molar refractivity (Wildman–Crippen MR) is 142 cm³/mol. The second-order valence-electron chi connectivity index (χ2n) is 9.27. The Morgan fingerprint density at radius 3 is 2.63 bits per heavy atom. The van der Waals surface area contributed by atoms with Crippen molar-refractivity contribution in [2.45, 2.75) is 19.8 Å². The first-order chi connectivity index (χ1) is 18.4. The molecule has 0 bridgehead atoms. The van der Waals surface area contributed by atoms with Crippen molar-refractivity contribution in [2.24, 2.45) is 0 Å². The summed E-state index contributed by atoms with van der Waals surface area (Å²) >= 11 is 0. The molecule has 0 radical (unpaired) electrons. The van der Waals surface area contributed by atoms with E-state index in [-0.39, 0.29) is 17.2 Å². The van der Waals surface area contributed by atoms with E-state index in [9.17, 15) is 9.18 Å². The van der Waals surface area contributed by atoms with Crippen molar-refractivity contribution in [1.29, 1.82) is 0 Å². The molecular weight excluding hydrogens is 492 g/mol. The molecule has 3 heterocycles. The number of nitrogens with zero attached hydrogens (tertiary/aromatic N) is 4. The van der Waals surface area contributed by atoms with E-state index < -0.39 is 17.7 Å². The van der Waals surface area contributed by atoms with Crippen LogP contribution in [0, 0.1) is 18.6 Å². The van der Waals surface area contributed by atoms with Gasteiger partial charge in [-0.2, -0.15) is 5.10 Å². The van der Waals surface area contributed by atoms with Crippen molar-refractivity contribution in [2.75, 3.05) is 49.2 Å². The minimum Gasteiger partial charge on any atom is -0.382 e. The molecule has 4 N–H and O–H groups in total. The minimum atomic E-state index is -0.754. The number of carbonyl (C=O) groups excluding carboxylic acids is 1. The third-order valence-corrected chi connectivity index (χ3v) is 6.57. The number of halogens is 2. The summed E-state index contributed by atoms with van der Waals surface area (Å²) in [6.45, 7) is 6.07. The highest BCUT2D eigenvalue weighted by Crippen LogP contribution is 2.32. The molecule has 1 aliphatic heterocycles. The lowest BCUT2D eigenvalue weighted by molar-refractivity contribution is 0.0374. The molecule has 1 saturated heterocycles. The summed E-state index contributed by atoms with van der Waals surface area (Å²) in [6, 6.07) is 10.0. The molecule has 4 aromatic rings. The van der Waals surface area contributed by atoms with Crippen molar-refractivity contribution in [3.63, 3.8) is 0 Å². The summed E-state index contributed by atoms with van der Waals surface area (Å²) in [5.41, 5.74) is 9.75. The fourth-order valence-electron chi connectivity index (χ4n) is 4.63. The van der Waals surface area contributed by atoms with Crippen LogP contribution in [0.3, 0.4) is 0 Å². The number of nitrogen functional groups attached to an aromatic ring is 1. The van der Waals surface area contributed by atoms with Gasteiger partial charge in [0.05, 0.1) is 24.6 Å². The Kier molecular flexibility index (Phi) is 7.47. The van der Waals surface area contributed by atoms with Crippen molar-refractivity contribution in [3.05, 3.63) is 71.7 Å². The van der Waals surface area contributed by atoms with Gasteiger partial charge in [-0.05, 0) is 67.8 Å². The number of fused-ring (bicyclic) bond motifs is 1. The second-order valence-corrected chi connectivity index (χ2v) is 9.27. The second kappa shape index (κ2) is 11.1. The number of nitrogens with one attached hydrogen (secondary N) is 2. The van der Waals surface area contributed by atoms with Gasteiger partial charge in [-0.3, -0.25) is 4.90 Å². The highest BCUT2D eigenvalue weighted by molar-refractivity contribution is 6.00. The van der Waals surface area contributed by atoms with E-state index in [1.165, 1.54) is 30.6 Å². The number of hydrogen-bond acceptors (Lipinski definition) is 6. The quantitative estimate of drug-likeness (QED) is 0.331. The zero-order chi connectivity index (χ0) is 26.6. The Balaban J connectivity index is 1.34. The highest BCUT2D eigenvalue weighted by atomic mass is 19.1. The molecule has 1 fully saturated rings. The normalized spacial score (nSPS) is 14.1. The van der Waals surface area contributed by atoms with Crippen molar-refractivity contribution >= 4 is 28.7 Å². The lowest BCUT2D eigenvalue weighted by Gasteiger charge is -2.26. The Bertz CT molecular complexity index is 1470. The summed E-state index contributed by atoms with van der Waals surface area (Å²) in [6.07, 6.45) is 3.08. The van der Waals surface area contributed by atoms with Gasteiger partial charge < -0.3 is 21.1 Å². The Morgan fingerprint density at radius 2 is 1.84 bits per heavy atom. The summed E-state index contributed by atoms with van der Waals surface area (Å²) < 4.78 is 36.2. The zero-order valence-corrected chi connectivity index (χ0v) is 21.0. The molecule has 2 amide bonds. The zero-order valence-electron chi connectivity index (χ0n) is 21.0. The first-order valence-electron chi connectivity index (χ1n) is 12.4. The van der Waals surface area contributed by atoms with Gasteiger partial charge in [0.15, 0.2) is 5.82 Å². The maximum Gasteiger partial charge on any atom is 0.323 e. The number of morpholine rings is 1. The molecule has 0 aliphatic carbocycles. The van der Waals surface area contributed by atoms with Crippen LogP contribution in [0.15, 0.2) is 48.8 Å². The van der Waals surface area contributed by atoms with Crippen LogP contribution in [-0.4, -0.2) is 58.4 Å². The molecule has 0 atom stereocenters. The Morgan fingerprint density at radius 1 is 1.05 bits per heavy atom. The Labute approximate surface area is 218 Å². The van der Waals surface area contributed by atoms with E-state index in [4.69, 9.17) is 10.5 Å². The van der Waals surface area contributed by atoms with Crippen molar-refractivity contribution in [3.8, 4) is 11.1 Å². The molecule has 0 spiro atoms. The third-order valence-electron chi connectivity index (χ3n) is 6.57. The number of ether oxygens (including phenoxy) is 1. The Hall–Kier alpha value is -4.09.